The topological polar surface area (TPSA) is 61.8 Å². The normalized spacial score (nSPS) is 16.6. The van der Waals surface area contributed by atoms with E-state index in [1.165, 1.54) is 19.9 Å². The van der Waals surface area contributed by atoms with Crippen LogP contribution in [-0.4, -0.2) is 24.3 Å². The molecule has 1 aromatic carbocycles. The lowest BCUT2D eigenvalue weighted by Crippen LogP contribution is -2.41. The molecule has 0 N–H and O–H groups in total. The van der Waals surface area contributed by atoms with Crippen LogP contribution < -0.4 is 4.74 Å². The van der Waals surface area contributed by atoms with Gasteiger partial charge in [-0.25, -0.2) is 9.59 Å². The van der Waals surface area contributed by atoms with Crippen LogP contribution >= 0.6 is 0 Å². The Labute approximate surface area is 129 Å². The summed E-state index contributed by atoms with van der Waals surface area (Å²) in [6.07, 6.45) is 1.43. The molecule has 5 heteroatoms. The van der Waals surface area contributed by atoms with Crippen molar-refractivity contribution >= 4 is 18.0 Å². The Morgan fingerprint density at radius 3 is 2.23 bits per heavy atom. The minimum absolute atomic E-state index is 0.130. The summed E-state index contributed by atoms with van der Waals surface area (Å²) in [7, 11) is 0. The molecule has 0 unspecified atom stereocenters. The number of esters is 2. The summed E-state index contributed by atoms with van der Waals surface area (Å²) in [6.45, 7) is 9.08. The summed E-state index contributed by atoms with van der Waals surface area (Å²) in [5.74, 6) is -1.93. The Balaban J connectivity index is 2.14. The van der Waals surface area contributed by atoms with Gasteiger partial charge in [-0.05, 0) is 36.3 Å². The monoisotopic (exact) mass is 302 g/mol. The van der Waals surface area contributed by atoms with E-state index in [9.17, 15) is 9.59 Å². The molecule has 0 saturated carbocycles. The number of carbonyl (C=O) groups is 2. The summed E-state index contributed by atoms with van der Waals surface area (Å²) >= 11 is 0. The maximum Gasteiger partial charge on any atom is 0.348 e. The second kappa shape index (κ2) is 6.05. The van der Waals surface area contributed by atoms with Crippen LogP contribution in [0.4, 0.5) is 0 Å². The number of rotatable bonds is 4. The molecule has 0 atom stereocenters. The first-order chi connectivity index (χ1) is 10.3. The average Bonchev–Trinajstić information content (AvgIpc) is 2.41. The lowest BCUT2D eigenvalue weighted by molar-refractivity contribution is -0.222. The number of benzene rings is 1. The second-order valence-corrected chi connectivity index (χ2v) is 5.55. The highest BCUT2D eigenvalue weighted by Crippen LogP contribution is 2.24. The SMILES string of the molecule is C=C(C)COc1ccc(C=C2C(=O)OC(C)(C)OC2=O)cc1. The summed E-state index contributed by atoms with van der Waals surface area (Å²) in [5, 5.41) is 0. The van der Waals surface area contributed by atoms with Crippen molar-refractivity contribution in [3.8, 4) is 5.75 Å². The highest BCUT2D eigenvalue weighted by atomic mass is 16.7. The Morgan fingerprint density at radius 2 is 1.73 bits per heavy atom. The van der Waals surface area contributed by atoms with Crippen LogP contribution in [0.25, 0.3) is 6.08 Å². The van der Waals surface area contributed by atoms with Gasteiger partial charge < -0.3 is 14.2 Å². The number of hydrogen-bond acceptors (Lipinski definition) is 5. The first kappa shape index (κ1) is 15.8. The maximum absolute atomic E-state index is 11.8. The predicted octanol–water partition coefficient (Wildman–Crippen LogP) is 2.86. The van der Waals surface area contributed by atoms with Gasteiger partial charge in [-0.3, -0.25) is 0 Å². The first-order valence-electron chi connectivity index (χ1n) is 6.82. The summed E-state index contributed by atoms with van der Waals surface area (Å²) in [5.41, 5.74) is 1.46. The van der Waals surface area contributed by atoms with E-state index in [0.29, 0.717) is 17.9 Å². The van der Waals surface area contributed by atoms with Crippen LogP contribution in [0.5, 0.6) is 5.75 Å². The van der Waals surface area contributed by atoms with Gasteiger partial charge in [-0.2, -0.15) is 0 Å². The molecule has 116 valence electrons. The molecule has 0 amide bonds. The molecule has 0 bridgehead atoms. The Kier molecular flexibility index (Phi) is 4.35. The minimum atomic E-state index is -1.23. The van der Waals surface area contributed by atoms with Crippen molar-refractivity contribution in [1.82, 2.24) is 0 Å². The van der Waals surface area contributed by atoms with Gasteiger partial charge in [0.15, 0.2) is 0 Å². The standard InChI is InChI=1S/C17H18O5/c1-11(2)10-20-13-7-5-12(6-8-13)9-14-15(18)21-17(3,4)22-16(14)19/h5-9H,1,10H2,2-4H3. The predicted molar refractivity (Wildman–Crippen MR) is 81.0 cm³/mol. The van der Waals surface area contributed by atoms with Gasteiger partial charge in [-0.1, -0.05) is 18.7 Å². The van der Waals surface area contributed by atoms with E-state index in [1.54, 1.807) is 24.3 Å². The number of cyclic esters (lactones) is 2. The third kappa shape index (κ3) is 3.97. The highest BCUT2D eigenvalue weighted by Gasteiger charge is 2.38. The third-order valence-corrected chi connectivity index (χ3v) is 2.79. The quantitative estimate of drug-likeness (QED) is 0.370. The molecule has 1 aromatic rings. The second-order valence-electron chi connectivity index (χ2n) is 5.55. The molecule has 0 aromatic heterocycles. The van der Waals surface area contributed by atoms with Gasteiger partial charge in [0.25, 0.3) is 5.79 Å². The molecular formula is C17H18O5. The van der Waals surface area contributed by atoms with E-state index in [0.717, 1.165) is 5.57 Å². The number of ether oxygens (including phenoxy) is 3. The molecule has 1 saturated heterocycles. The molecule has 2 rings (SSSR count). The van der Waals surface area contributed by atoms with Crippen molar-refractivity contribution in [2.45, 2.75) is 26.6 Å². The van der Waals surface area contributed by atoms with Crippen LogP contribution in [-0.2, 0) is 19.1 Å². The van der Waals surface area contributed by atoms with Crippen molar-refractivity contribution in [3.05, 3.63) is 47.6 Å². The maximum atomic E-state index is 11.8. The average molecular weight is 302 g/mol. The molecule has 1 heterocycles. The van der Waals surface area contributed by atoms with Gasteiger partial charge in [0.1, 0.15) is 17.9 Å². The van der Waals surface area contributed by atoms with Crippen LogP contribution in [0, 0.1) is 0 Å². The molecular weight excluding hydrogens is 284 g/mol. The summed E-state index contributed by atoms with van der Waals surface area (Å²) in [4.78, 5) is 23.7. The minimum Gasteiger partial charge on any atom is -0.489 e. The van der Waals surface area contributed by atoms with Crippen molar-refractivity contribution in [3.63, 3.8) is 0 Å². The first-order valence-corrected chi connectivity index (χ1v) is 6.82. The highest BCUT2D eigenvalue weighted by molar-refractivity contribution is 6.18. The van der Waals surface area contributed by atoms with E-state index in [1.807, 2.05) is 6.92 Å². The smallest absolute Gasteiger partial charge is 0.348 e. The zero-order chi connectivity index (χ0) is 16.3. The fourth-order valence-electron chi connectivity index (χ4n) is 1.81. The molecule has 1 fully saturated rings. The molecule has 0 radical (unpaired) electrons. The lowest BCUT2D eigenvalue weighted by atomic mass is 10.1. The van der Waals surface area contributed by atoms with Gasteiger partial charge in [0.05, 0.1) is 0 Å². The Hall–Kier alpha value is -2.56. The van der Waals surface area contributed by atoms with Crippen molar-refractivity contribution in [2.24, 2.45) is 0 Å². The van der Waals surface area contributed by atoms with Gasteiger partial charge >= 0.3 is 11.9 Å². The summed E-state index contributed by atoms with van der Waals surface area (Å²) < 4.78 is 15.5. The lowest BCUT2D eigenvalue weighted by Gasteiger charge is -2.29. The van der Waals surface area contributed by atoms with Gasteiger partial charge in [0, 0.05) is 13.8 Å². The van der Waals surface area contributed by atoms with Crippen LogP contribution in [0.2, 0.25) is 0 Å². The van der Waals surface area contributed by atoms with Crippen molar-refractivity contribution in [2.75, 3.05) is 6.61 Å². The van der Waals surface area contributed by atoms with Crippen LogP contribution in [0.3, 0.4) is 0 Å². The third-order valence-electron chi connectivity index (χ3n) is 2.79. The van der Waals surface area contributed by atoms with Crippen LogP contribution in [0.15, 0.2) is 42.0 Å². The molecule has 0 aliphatic carbocycles. The number of hydrogen-bond donors (Lipinski definition) is 0. The Morgan fingerprint density at radius 1 is 1.18 bits per heavy atom. The fraction of sp³-hybridized carbons (Fsp3) is 0.294. The van der Waals surface area contributed by atoms with E-state index < -0.39 is 17.7 Å². The zero-order valence-corrected chi connectivity index (χ0v) is 12.8. The van der Waals surface area contributed by atoms with Crippen molar-refractivity contribution in [1.29, 1.82) is 0 Å². The van der Waals surface area contributed by atoms with Crippen LogP contribution in [0.1, 0.15) is 26.3 Å². The molecule has 5 nitrogen and oxygen atoms in total. The van der Waals surface area contributed by atoms with E-state index in [2.05, 4.69) is 6.58 Å². The zero-order valence-electron chi connectivity index (χ0n) is 12.8. The van der Waals surface area contributed by atoms with Gasteiger partial charge in [0.2, 0.25) is 0 Å². The van der Waals surface area contributed by atoms with Gasteiger partial charge in [-0.15, -0.1) is 0 Å². The fourth-order valence-corrected chi connectivity index (χ4v) is 1.81. The Bertz CT molecular complexity index is 616. The van der Waals surface area contributed by atoms with E-state index in [4.69, 9.17) is 14.2 Å². The molecule has 1 aliphatic rings. The van der Waals surface area contributed by atoms with E-state index >= 15 is 0 Å². The molecule has 1 aliphatic heterocycles. The molecule has 0 spiro atoms. The number of carbonyl (C=O) groups excluding carboxylic acids is 2. The summed E-state index contributed by atoms with van der Waals surface area (Å²) in [6, 6.07) is 6.97. The largest absolute Gasteiger partial charge is 0.489 e. The molecule has 22 heavy (non-hydrogen) atoms. The van der Waals surface area contributed by atoms with E-state index in [-0.39, 0.29) is 5.57 Å². The van der Waals surface area contributed by atoms with Crippen molar-refractivity contribution < 1.29 is 23.8 Å².